The average molecular weight is 226 g/mol. The van der Waals surface area contributed by atoms with E-state index in [9.17, 15) is 9.59 Å². The van der Waals surface area contributed by atoms with Gasteiger partial charge in [0.1, 0.15) is 5.51 Å². The number of nitrogens with zero attached hydrogens (tertiary/aromatic N) is 3. The van der Waals surface area contributed by atoms with E-state index in [0.717, 1.165) is 6.42 Å². The van der Waals surface area contributed by atoms with Crippen LogP contribution in [0.15, 0.2) is 5.51 Å². The molecule has 15 heavy (non-hydrogen) atoms. The van der Waals surface area contributed by atoms with Crippen molar-refractivity contribution in [3.05, 3.63) is 5.51 Å². The second kappa shape index (κ2) is 4.35. The molecule has 7 heteroatoms. The Kier molecular flexibility index (Phi) is 2.91. The van der Waals surface area contributed by atoms with Crippen LogP contribution < -0.4 is 5.32 Å². The molecule has 1 aromatic heterocycles. The molecule has 2 heterocycles. The molecule has 1 aliphatic heterocycles. The first-order valence-electron chi connectivity index (χ1n) is 4.59. The number of carbonyl (C=O) groups is 2. The number of hydrogen-bond acceptors (Lipinski definition) is 5. The van der Waals surface area contributed by atoms with E-state index >= 15 is 0 Å². The summed E-state index contributed by atoms with van der Waals surface area (Å²) in [7, 11) is 0. The molecule has 0 aliphatic carbocycles. The Morgan fingerprint density at radius 3 is 3.13 bits per heavy atom. The van der Waals surface area contributed by atoms with Crippen LogP contribution in [-0.4, -0.2) is 40.0 Å². The van der Waals surface area contributed by atoms with Gasteiger partial charge in [0.2, 0.25) is 16.9 Å². The maximum atomic E-state index is 11.4. The van der Waals surface area contributed by atoms with Crippen LogP contribution >= 0.6 is 11.3 Å². The van der Waals surface area contributed by atoms with Gasteiger partial charge in [-0.05, 0) is 6.42 Å². The zero-order chi connectivity index (χ0) is 10.7. The zero-order valence-corrected chi connectivity index (χ0v) is 8.79. The normalized spacial score (nSPS) is 15.7. The standard InChI is InChI=1S/C8H10N4O2S/c13-6(10-8-11-9-5-15-8)4-12-3-1-2-7(12)14/h5H,1-4H2,(H,10,11,13). The molecule has 0 aromatic carbocycles. The topological polar surface area (TPSA) is 75.2 Å². The van der Waals surface area contributed by atoms with Crippen molar-refractivity contribution in [3.63, 3.8) is 0 Å². The quantitative estimate of drug-likeness (QED) is 0.793. The van der Waals surface area contributed by atoms with Crippen molar-refractivity contribution in [1.29, 1.82) is 0 Å². The van der Waals surface area contributed by atoms with Crippen LogP contribution in [0.2, 0.25) is 0 Å². The number of amides is 2. The van der Waals surface area contributed by atoms with Gasteiger partial charge in [-0.1, -0.05) is 11.3 Å². The Morgan fingerprint density at radius 1 is 1.67 bits per heavy atom. The molecule has 1 saturated heterocycles. The second-order valence-corrected chi connectivity index (χ2v) is 4.04. The lowest BCUT2D eigenvalue weighted by Gasteiger charge is -2.13. The largest absolute Gasteiger partial charge is 0.333 e. The summed E-state index contributed by atoms with van der Waals surface area (Å²) in [6, 6.07) is 0. The van der Waals surface area contributed by atoms with Crippen LogP contribution in [0.5, 0.6) is 0 Å². The summed E-state index contributed by atoms with van der Waals surface area (Å²) < 4.78 is 0. The summed E-state index contributed by atoms with van der Waals surface area (Å²) in [5.41, 5.74) is 1.54. The number of nitrogens with one attached hydrogen (secondary N) is 1. The van der Waals surface area contributed by atoms with Crippen LogP contribution in [-0.2, 0) is 9.59 Å². The molecule has 2 rings (SSSR count). The van der Waals surface area contributed by atoms with E-state index in [1.165, 1.54) is 16.8 Å². The Labute approximate surface area is 90.3 Å². The monoisotopic (exact) mass is 226 g/mol. The van der Waals surface area contributed by atoms with Crippen LogP contribution in [0.1, 0.15) is 12.8 Å². The number of carbonyl (C=O) groups excluding carboxylic acids is 2. The molecule has 0 atom stereocenters. The van der Waals surface area contributed by atoms with E-state index in [2.05, 4.69) is 15.5 Å². The van der Waals surface area contributed by atoms with E-state index < -0.39 is 0 Å². The first-order chi connectivity index (χ1) is 7.25. The van der Waals surface area contributed by atoms with E-state index in [1.54, 1.807) is 4.90 Å². The average Bonchev–Trinajstić information content (AvgIpc) is 2.79. The van der Waals surface area contributed by atoms with Gasteiger partial charge in [0.05, 0.1) is 6.54 Å². The molecule has 0 saturated carbocycles. The van der Waals surface area contributed by atoms with Crippen molar-refractivity contribution in [2.75, 3.05) is 18.4 Å². The summed E-state index contributed by atoms with van der Waals surface area (Å²) in [5.74, 6) is -0.176. The fraction of sp³-hybridized carbons (Fsp3) is 0.500. The molecule has 0 unspecified atom stereocenters. The van der Waals surface area contributed by atoms with Gasteiger partial charge in [-0.3, -0.25) is 14.9 Å². The second-order valence-electron chi connectivity index (χ2n) is 3.21. The Bertz CT molecular complexity index is 365. The molecule has 1 fully saturated rings. The third kappa shape index (κ3) is 2.50. The summed E-state index contributed by atoms with van der Waals surface area (Å²) in [5, 5.41) is 10.3. The number of hydrogen-bond donors (Lipinski definition) is 1. The van der Waals surface area contributed by atoms with Gasteiger partial charge >= 0.3 is 0 Å². The molecule has 80 valence electrons. The lowest BCUT2D eigenvalue weighted by Crippen LogP contribution is -2.33. The lowest BCUT2D eigenvalue weighted by molar-refractivity contribution is -0.131. The maximum Gasteiger partial charge on any atom is 0.245 e. The van der Waals surface area contributed by atoms with E-state index in [-0.39, 0.29) is 18.4 Å². The molecule has 1 N–H and O–H groups in total. The third-order valence-corrected chi connectivity index (χ3v) is 2.72. The zero-order valence-electron chi connectivity index (χ0n) is 7.97. The highest BCUT2D eigenvalue weighted by atomic mass is 32.1. The molecule has 6 nitrogen and oxygen atoms in total. The maximum absolute atomic E-state index is 11.4. The molecule has 0 spiro atoms. The summed E-state index contributed by atoms with van der Waals surface area (Å²) in [6.07, 6.45) is 1.39. The summed E-state index contributed by atoms with van der Waals surface area (Å²) in [6.45, 7) is 0.779. The van der Waals surface area contributed by atoms with Crippen molar-refractivity contribution in [2.45, 2.75) is 12.8 Å². The van der Waals surface area contributed by atoms with Gasteiger partial charge in [-0.15, -0.1) is 10.2 Å². The SMILES string of the molecule is O=C(CN1CCCC1=O)Nc1nncs1. The number of likely N-dealkylation sites (tertiary alicyclic amines) is 1. The minimum Gasteiger partial charge on any atom is -0.333 e. The Morgan fingerprint density at radius 2 is 2.53 bits per heavy atom. The minimum atomic E-state index is -0.220. The predicted octanol–water partition coefficient (Wildman–Crippen LogP) is 0.0990. The number of rotatable bonds is 3. The van der Waals surface area contributed by atoms with E-state index in [0.29, 0.717) is 18.1 Å². The first-order valence-corrected chi connectivity index (χ1v) is 5.47. The molecule has 1 aromatic rings. The predicted molar refractivity (Wildman–Crippen MR) is 54.4 cm³/mol. The van der Waals surface area contributed by atoms with Crippen molar-refractivity contribution in [1.82, 2.24) is 15.1 Å². The van der Waals surface area contributed by atoms with Crippen molar-refractivity contribution < 1.29 is 9.59 Å². The molecule has 2 amide bonds. The Hall–Kier alpha value is -1.50. The molecule has 0 radical (unpaired) electrons. The highest BCUT2D eigenvalue weighted by Crippen LogP contribution is 2.11. The molecule has 0 bridgehead atoms. The van der Waals surface area contributed by atoms with E-state index in [1.807, 2.05) is 0 Å². The van der Waals surface area contributed by atoms with Crippen LogP contribution in [0.4, 0.5) is 5.13 Å². The van der Waals surface area contributed by atoms with Crippen LogP contribution in [0.25, 0.3) is 0 Å². The van der Waals surface area contributed by atoms with Crippen LogP contribution in [0, 0.1) is 0 Å². The van der Waals surface area contributed by atoms with Gasteiger partial charge in [-0.25, -0.2) is 0 Å². The summed E-state index contributed by atoms with van der Waals surface area (Å²) >= 11 is 1.25. The lowest BCUT2D eigenvalue weighted by atomic mass is 10.4. The van der Waals surface area contributed by atoms with Gasteiger partial charge in [0.25, 0.3) is 0 Å². The van der Waals surface area contributed by atoms with Gasteiger partial charge in [0, 0.05) is 13.0 Å². The summed E-state index contributed by atoms with van der Waals surface area (Å²) in [4.78, 5) is 24.2. The number of anilines is 1. The van der Waals surface area contributed by atoms with Gasteiger partial charge in [0.15, 0.2) is 0 Å². The highest BCUT2D eigenvalue weighted by molar-refractivity contribution is 7.13. The third-order valence-electron chi connectivity index (χ3n) is 2.11. The molecular weight excluding hydrogens is 216 g/mol. The highest BCUT2D eigenvalue weighted by Gasteiger charge is 2.22. The molecule has 1 aliphatic rings. The fourth-order valence-electron chi connectivity index (χ4n) is 1.43. The number of aromatic nitrogens is 2. The smallest absolute Gasteiger partial charge is 0.245 e. The first kappa shape index (κ1) is 10.0. The van der Waals surface area contributed by atoms with Gasteiger partial charge in [-0.2, -0.15) is 0 Å². The van der Waals surface area contributed by atoms with Gasteiger partial charge < -0.3 is 4.90 Å². The van der Waals surface area contributed by atoms with Crippen molar-refractivity contribution >= 4 is 28.3 Å². The fourth-order valence-corrected chi connectivity index (χ4v) is 1.89. The van der Waals surface area contributed by atoms with Crippen molar-refractivity contribution in [3.8, 4) is 0 Å². The Balaban J connectivity index is 1.84. The van der Waals surface area contributed by atoms with E-state index in [4.69, 9.17) is 0 Å². The molecular formula is C8H10N4O2S. The van der Waals surface area contributed by atoms with Crippen LogP contribution in [0.3, 0.4) is 0 Å². The minimum absolute atomic E-state index is 0.0439. The van der Waals surface area contributed by atoms with Crippen molar-refractivity contribution in [2.24, 2.45) is 0 Å².